The molecule has 0 amide bonds. The zero-order valence-electron chi connectivity index (χ0n) is 12.6. The molecule has 2 heterocycles. The second kappa shape index (κ2) is 6.83. The molecule has 0 spiro atoms. The quantitative estimate of drug-likeness (QED) is 0.661. The molecule has 3 rings (SSSR count). The van der Waals surface area contributed by atoms with Gasteiger partial charge in [0.05, 0.1) is 26.8 Å². The normalized spacial score (nSPS) is 10.8. The predicted octanol–water partition coefficient (Wildman–Crippen LogP) is 5.52. The van der Waals surface area contributed by atoms with Crippen molar-refractivity contribution < 1.29 is 0 Å². The Labute approximate surface area is 148 Å². The smallest absolute Gasteiger partial charge is 0.227 e. The summed E-state index contributed by atoms with van der Waals surface area (Å²) in [5, 5.41) is 5.42. The van der Waals surface area contributed by atoms with Gasteiger partial charge in [-0.25, -0.2) is 15.0 Å². The van der Waals surface area contributed by atoms with Crippen LogP contribution in [0.5, 0.6) is 0 Å². The summed E-state index contributed by atoms with van der Waals surface area (Å²) in [6, 6.07) is 7.35. The molecule has 2 aromatic heterocycles. The number of nitrogens with one attached hydrogen (secondary N) is 1. The number of hydrogen-bond donors (Lipinski definition) is 1. The van der Waals surface area contributed by atoms with Crippen LogP contribution in [0, 0.1) is 6.92 Å². The van der Waals surface area contributed by atoms with Crippen LogP contribution in [0.4, 0.5) is 11.6 Å². The third-order valence-corrected chi connectivity index (χ3v) is 5.04. The van der Waals surface area contributed by atoms with Gasteiger partial charge in [0.25, 0.3) is 0 Å². The molecule has 1 N–H and O–H groups in total. The number of halogens is 2. The van der Waals surface area contributed by atoms with Gasteiger partial charge in [0, 0.05) is 10.7 Å². The Kier molecular flexibility index (Phi) is 4.80. The lowest BCUT2D eigenvalue weighted by molar-refractivity contribution is 1.07. The lowest BCUT2D eigenvalue weighted by atomic mass is 10.3. The first-order valence-corrected chi connectivity index (χ1v) is 8.66. The highest BCUT2D eigenvalue weighted by Crippen LogP contribution is 2.34. The van der Waals surface area contributed by atoms with Gasteiger partial charge in [-0.3, -0.25) is 0 Å². The molecule has 3 aromatic rings. The number of aryl methyl sites for hydroxylation is 2. The highest BCUT2D eigenvalue weighted by atomic mass is 35.5. The van der Waals surface area contributed by atoms with E-state index < -0.39 is 0 Å². The van der Waals surface area contributed by atoms with E-state index in [-0.39, 0.29) is 0 Å². The third-order valence-electron chi connectivity index (χ3n) is 3.20. The summed E-state index contributed by atoms with van der Waals surface area (Å²) in [5.41, 5.74) is 2.50. The topological polar surface area (TPSA) is 50.7 Å². The molecular weight excluding hydrogens is 351 g/mol. The summed E-state index contributed by atoms with van der Waals surface area (Å²) in [6.07, 6.45) is 2.50. The molecule has 0 aliphatic heterocycles. The number of rotatable bonds is 4. The van der Waals surface area contributed by atoms with Crippen molar-refractivity contribution in [2.75, 3.05) is 5.32 Å². The van der Waals surface area contributed by atoms with Crippen molar-refractivity contribution >= 4 is 46.2 Å². The standard InChI is InChI=1S/C16H14Cl2N4S/c1-3-13-20-9(2)15(23-13)14-12(18)8-19-16(22-14)21-11-6-4-10(17)5-7-11/h4-8H,3H2,1-2H3,(H,19,21,22). The number of anilines is 2. The first kappa shape index (κ1) is 16.2. The van der Waals surface area contributed by atoms with E-state index in [0.29, 0.717) is 21.7 Å². The van der Waals surface area contributed by atoms with Crippen LogP contribution in [0.1, 0.15) is 17.6 Å². The van der Waals surface area contributed by atoms with Crippen molar-refractivity contribution in [2.24, 2.45) is 0 Å². The zero-order valence-corrected chi connectivity index (χ0v) is 14.9. The first-order valence-electron chi connectivity index (χ1n) is 7.08. The Morgan fingerprint density at radius 3 is 2.52 bits per heavy atom. The van der Waals surface area contributed by atoms with Crippen LogP contribution in [0.2, 0.25) is 10.0 Å². The molecule has 0 fully saturated rings. The Bertz CT molecular complexity index is 831. The van der Waals surface area contributed by atoms with Crippen molar-refractivity contribution in [2.45, 2.75) is 20.3 Å². The molecule has 7 heteroatoms. The fourth-order valence-corrected chi connectivity index (χ4v) is 3.45. The molecule has 0 atom stereocenters. The average Bonchev–Trinajstić information content (AvgIpc) is 2.92. The molecular formula is C16H14Cl2N4S. The summed E-state index contributed by atoms with van der Waals surface area (Å²) in [4.78, 5) is 14.3. The van der Waals surface area contributed by atoms with Crippen LogP contribution in [-0.4, -0.2) is 15.0 Å². The second-order valence-electron chi connectivity index (χ2n) is 4.90. The van der Waals surface area contributed by atoms with E-state index in [4.69, 9.17) is 23.2 Å². The summed E-state index contributed by atoms with van der Waals surface area (Å²) in [5.74, 6) is 0.484. The van der Waals surface area contributed by atoms with Crippen LogP contribution in [0.15, 0.2) is 30.5 Å². The monoisotopic (exact) mass is 364 g/mol. The lowest BCUT2D eigenvalue weighted by Crippen LogP contribution is -1.98. The molecule has 4 nitrogen and oxygen atoms in total. The van der Waals surface area contributed by atoms with Crippen molar-refractivity contribution in [1.29, 1.82) is 0 Å². The van der Waals surface area contributed by atoms with Gasteiger partial charge < -0.3 is 5.32 Å². The van der Waals surface area contributed by atoms with E-state index in [1.54, 1.807) is 17.5 Å². The predicted molar refractivity (Wildman–Crippen MR) is 97.0 cm³/mol. The maximum Gasteiger partial charge on any atom is 0.227 e. The number of nitrogens with zero attached hydrogens (tertiary/aromatic N) is 3. The molecule has 0 saturated carbocycles. The first-order chi connectivity index (χ1) is 11.1. The molecule has 0 radical (unpaired) electrons. The van der Waals surface area contributed by atoms with Gasteiger partial charge in [0.2, 0.25) is 5.95 Å². The highest BCUT2D eigenvalue weighted by Gasteiger charge is 2.15. The van der Waals surface area contributed by atoms with Crippen LogP contribution < -0.4 is 5.32 Å². The SMILES string of the molecule is CCc1nc(C)c(-c2nc(Nc3ccc(Cl)cc3)ncc2Cl)s1. The fourth-order valence-electron chi connectivity index (χ4n) is 2.07. The molecule has 0 unspecified atom stereocenters. The third kappa shape index (κ3) is 3.63. The van der Waals surface area contributed by atoms with Crippen LogP contribution >= 0.6 is 34.5 Å². The summed E-state index contributed by atoms with van der Waals surface area (Å²) >= 11 is 13.8. The Morgan fingerprint density at radius 2 is 1.87 bits per heavy atom. The fraction of sp³-hybridized carbons (Fsp3) is 0.188. The van der Waals surface area contributed by atoms with E-state index in [1.165, 1.54) is 0 Å². The van der Waals surface area contributed by atoms with Gasteiger partial charge in [-0.2, -0.15) is 0 Å². The van der Waals surface area contributed by atoms with Gasteiger partial charge in [-0.05, 0) is 37.6 Å². The second-order valence-corrected chi connectivity index (χ2v) is 6.82. The minimum Gasteiger partial charge on any atom is -0.324 e. The van der Waals surface area contributed by atoms with E-state index in [2.05, 4.69) is 27.2 Å². The van der Waals surface area contributed by atoms with E-state index >= 15 is 0 Å². The summed E-state index contributed by atoms with van der Waals surface area (Å²) < 4.78 is 0. The Morgan fingerprint density at radius 1 is 1.13 bits per heavy atom. The van der Waals surface area contributed by atoms with Crippen molar-refractivity contribution in [3.05, 3.63) is 51.2 Å². The molecule has 0 saturated heterocycles. The molecule has 118 valence electrons. The largest absolute Gasteiger partial charge is 0.324 e. The summed E-state index contributed by atoms with van der Waals surface area (Å²) in [7, 11) is 0. The number of hydrogen-bond acceptors (Lipinski definition) is 5. The van der Waals surface area contributed by atoms with E-state index in [9.17, 15) is 0 Å². The van der Waals surface area contributed by atoms with Gasteiger partial charge in [-0.15, -0.1) is 11.3 Å². The Balaban J connectivity index is 1.95. The van der Waals surface area contributed by atoms with Gasteiger partial charge in [0.15, 0.2) is 0 Å². The highest BCUT2D eigenvalue weighted by molar-refractivity contribution is 7.15. The van der Waals surface area contributed by atoms with Crippen LogP contribution in [-0.2, 0) is 6.42 Å². The Hall–Kier alpha value is -1.69. The lowest BCUT2D eigenvalue weighted by Gasteiger charge is -2.07. The maximum atomic E-state index is 6.29. The molecule has 0 bridgehead atoms. The summed E-state index contributed by atoms with van der Waals surface area (Å²) in [6.45, 7) is 4.05. The average molecular weight is 365 g/mol. The molecule has 1 aromatic carbocycles. The van der Waals surface area contributed by atoms with Gasteiger partial charge in [-0.1, -0.05) is 30.1 Å². The van der Waals surface area contributed by atoms with Crippen LogP contribution in [0.25, 0.3) is 10.6 Å². The number of benzene rings is 1. The maximum absolute atomic E-state index is 6.29. The van der Waals surface area contributed by atoms with Gasteiger partial charge >= 0.3 is 0 Å². The van der Waals surface area contributed by atoms with Crippen molar-refractivity contribution in [1.82, 2.24) is 15.0 Å². The molecule has 0 aliphatic rings. The van der Waals surface area contributed by atoms with E-state index in [0.717, 1.165) is 27.7 Å². The number of thiazole rings is 1. The van der Waals surface area contributed by atoms with E-state index in [1.807, 2.05) is 31.2 Å². The minimum absolute atomic E-state index is 0.484. The van der Waals surface area contributed by atoms with Crippen LogP contribution in [0.3, 0.4) is 0 Å². The minimum atomic E-state index is 0.484. The van der Waals surface area contributed by atoms with Crippen molar-refractivity contribution in [3.63, 3.8) is 0 Å². The zero-order chi connectivity index (χ0) is 16.4. The molecule has 0 aliphatic carbocycles. The van der Waals surface area contributed by atoms with Crippen molar-refractivity contribution in [3.8, 4) is 10.6 Å². The number of aromatic nitrogens is 3. The molecule has 23 heavy (non-hydrogen) atoms. The van der Waals surface area contributed by atoms with Gasteiger partial charge in [0.1, 0.15) is 5.69 Å².